The molecule has 0 saturated carbocycles. The Labute approximate surface area is 118 Å². The third-order valence-electron chi connectivity index (χ3n) is 2.93. The van der Waals surface area contributed by atoms with E-state index in [1.165, 1.54) is 6.07 Å². The molecule has 0 fully saturated rings. The summed E-state index contributed by atoms with van der Waals surface area (Å²) in [5.74, 6) is -0.970. The average molecular weight is 289 g/mol. The van der Waals surface area contributed by atoms with Crippen molar-refractivity contribution in [2.24, 2.45) is 0 Å². The summed E-state index contributed by atoms with van der Waals surface area (Å²) in [6.45, 7) is 0. The van der Waals surface area contributed by atoms with E-state index in [0.29, 0.717) is 5.02 Å². The second kappa shape index (κ2) is 4.68. The molecule has 19 heavy (non-hydrogen) atoms. The number of thiophene rings is 1. The first-order valence-corrected chi connectivity index (χ1v) is 6.91. The molecule has 0 aliphatic heterocycles. The van der Waals surface area contributed by atoms with Gasteiger partial charge in [0.2, 0.25) is 0 Å². The molecule has 3 aromatic rings. The van der Waals surface area contributed by atoms with E-state index in [1.54, 1.807) is 23.5 Å². The minimum Gasteiger partial charge on any atom is -0.478 e. The lowest BCUT2D eigenvalue weighted by Crippen LogP contribution is -1.96. The molecule has 1 aromatic heterocycles. The molecule has 94 valence electrons. The second-order valence-electron chi connectivity index (χ2n) is 4.18. The zero-order chi connectivity index (χ0) is 13.4. The molecule has 0 aliphatic rings. The average Bonchev–Trinajstić information content (AvgIpc) is 2.85. The number of aromatic carboxylic acids is 1. The van der Waals surface area contributed by atoms with Gasteiger partial charge in [0, 0.05) is 9.72 Å². The van der Waals surface area contributed by atoms with Crippen LogP contribution in [-0.2, 0) is 0 Å². The summed E-state index contributed by atoms with van der Waals surface area (Å²) in [4.78, 5) is 11.1. The SMILES string of the molecule is O=C(O)c1cc(Cl)cc(-c2cccc3ccsc23)c1. The topological polar surface area (TPSA) is 37.3 Å². The predicted molar refractivity (Wildman–Crippen MR) is 79.2 cm³/mol. The van der Waals surface area contributed by atoms with Gasteiger partial charge < -0.3 is 5.11 Å². The van der Waals surface area contributed by atoms with Gasteiger partial charge in [0.05, 0.1) is 5.56 Å². The summed E-state index contributed by atoms with van der Waals surface area (Å²) in [7, 11) is 0. The van der Waals surface area contributed by atoms with E-state index < -0.39 is 5.97 Å². The van der Waals surface area contributed by atoms with Crippen molar-refractivity contribution < 1.29 is 9.90 Å². The molecule has 4 heteroatoms. The van der Waals surface area contributed by atoms with Crippen LogP contribution in [0, 0.1) is 0 Å². The van der Waals surface area contributed by atoms with Crippen LogP contribution >= 0.6 is 22.9 Å². The Morgan fingerprint density at radius 2 is 2.00 bits per heavy atom. The summed E-state index contributed by atoms with van der Waals surface area (Å²) in [6, 6.07) is 12.9. The maximum absolute atomic E-state index is 11.1. The summed E-state index contributed by atoms with van der Waals surface area (Å²) in [5, 5.41) is 12.7. The van der Waals surface area contributed by atoms with Crippen LogP contribution in [-0.4, -0.2) is 11.1 Å². The smallest absolute Gasteiger partial charge is 0.335 e. The summed E-state index contributed by atoms with van der Waals surface area (Å²) in [6.07, 6.45) is 0. The van der Waals surface area contributed by atoms with Crippen molar-refractivity contribution in [3.05, 3.63) is 58.4 Å². The van der Waals surface area contributed by atoms with Crippen LogP contribution in [0.5, 0.6) is 0 Å². The van der Waals surface area contributed by atoms with E-state index in [1.807, 2.05) is 29.6 Å². The van der Waals surface area contributed by atoms with Gasteiger partial charge in [-0.05, 0) is 46.2 Å². The van der Waals surface area contributed by atoms with Gasteiger partial charge in [-0.1, -0.05) is 29.8 Å². The maximum Gasteiger partial charge on any atom is 0.335 e. The molecule has 2 aromatic carbocycles. The molecule has 0 bridgehead atoms. The van der Waals surface area contributed by atoms with E-state index in [4.69, 9.17) is 16.7 Å². The van der Waals surface area contributed by atoms with Crippen molar-refractivity contribution in [2.75, 3.05) is 0 Å². The third kappa shape index (κ3) is 2.23. The van der Waals surface area contributed by atoms with Crippen molar-refractivity contribution in [2.45, 2.75) is 0 Å². The highest BCUT2D eigenvalue weighted by atomic mass is 35.5. The van der Waals surface area contributed by atoms with Gasteiger partial charge in [-0.2, -0.15) is 0 Å². The highest BCUT2D eigenvalue weighted by Crippen LogP contribution is 2.34. The third-order valence-corrected chi connectivity index (χ3v) is 4.12. The molecule has 0 aliphatic carbocycles. The predicted octanol–water partition coefficient (Wildman–Crippen LogP) is 4.92. The van der Waals surface area contributed by atoms with Crippen molar-refractivity contribution in [1.29, 1.82) is 0 Å². The van der Waals surface area contributed by atoms with Gasteiger partial charge in [-0.15, -0.1) is 11.3 Å². The highest BCUT2D eigenvalue weighted by Gasteiger charge is 2.10. The van der Waals surface area contributed by atoms with Crippen LogP contribution in [0.3, 0.4) is 0 Å². The van der Waals surface area contributed by atoms with Gasteiger partial charge in [-0.3, -0.25) is 0 Å². The van der Waals surface area contributed by atoms with Crippen molar-refractivity contribution >= 4 is 39.0 Å². The van der Waals surface area contributed by atoms with E-state index in [0.717, 1.165) is 21.2 Å². The number of hydrogen-bond acceptors (Lipinski definition) is 2. The quantitative estimate of drug-likeness (QED) is 0.727. The van der Waals surface area contributed by atoms with Gasteiger partial charge in [-0.25, -0.2) is 4.79 Å². The number of benzene rings is 2. The lowest BCUT2D eigenvalue weighted by Gasteiger charge is -2.06. The van der Waals surface area contributed by atoms with Gasteiger partial charge >= 0.3 is 5.97 Å². The lowest BCUT2D eigenvalue weighted by atomic mass is 10.0. The zero-order valence-corrected chi connectivity index (χ0v) is 11.3. The van der Waals surface area contributed by atoms with Crippen LogP contribution < -0.4 is 0 Å². The standard InChI is InChI=1S/C15H9ClO2S/c16-12-7-10(6-11(8-12)15(17)18)13-3-1-2-9-4-5-19-14(9)13/h1-8H,(H,17,18). The number of halogens is 1. The summed E-state index contributed by atoms with van der Waals surface area (Å²) < 4.78 is 1.14. The van der Waals surface area contributed by atoms with Crippen molar-refractivity contribution in [3.63, 3.8) is 0 Å². The van der Waals surface area contributed by atoms with E-state index in [9.17, 15) is 4.79 Å². The Kier molecular flexibility index (Phi) is 3.01. The number of fused-ring (bicyclic) bond motifs is 1. The van der Waals surface area contributed by atoms with Gasteiger partial charge in [0.1, 0.15) is 0 Å². The normalized spacial score (nSPS) is 10.8. The Balaban J connectivity index is 2.26. The Bertz CT molecular complexity index is 777. The minimum atomic E-state index is -0.970. The molecule has 0 spiro atoms. The second-order valence-corrected chi connectivity index (χ2v) is 5.53. The number of rotatable bonds is 2. The first-order chi connectivity index (χ1) is 9.15. The first kappa shape index (κ1) is 12.2. The molecule has 1 heterocycles. The fraction of sp³-hybridized carbons (Fsp3) is 0. The van der Waals surface area contributed by atoms with Crippen molar-refractivity contribution in [3.8, 4) is 11.1 Å². The molecule has 2 nitrogen and oxygen atoms in total. The van der Waals surface area contributed by atoms with Crippen LogP contribution in [0.4, 0.5) is 0 Å². The largest absolute Gasteiger partial charge is 0.478 e. The molecular formula is C15H9ClO2S. The minimum absolute atomic E-state index is 0.205. The fourth-order valence-corrected chi connectivity index (χ4v) is 3.26. The molecule has 0 atom stereocenters. The Morgan fingerprint density at radius 1 is 1.16 bits per heavy atom. The van der Waals surface area contributed by atoms with Gasteiger partial charge in [0.25, 0.3) is 0 Å². The maximum atomic E-state index is 11.1. The van der Waals surface area contributed by atoms with E-state index in [2.05, 4.69) is 0 Å². The van der Waals surface area contributed by atoms with Crippen LogP contribution in [0.15, 0.2) is 47.8 Å². The first-order valence-electron chi connectivity index (χ1n) is 5.65. The fourth-order valence-electron chi connectivity index (χ4n) is 2.09. The number of hydrogen-bond donors (Lipinski definition) is 1. The Morgan fingerprint density at radius 3 is 2.79 bits per heavy atom. The molecule has 3 rings (SSSR count). The molecular weight excluding hydrogens is 280 g/mol. The van der Waals surface area contributed by atoms with Crippen LogP contribution in [0.2, 0.25) is 5.02 Å². The number of carboxylic acids is 1. The van der Waals surface area contributed by atoms with Crippen LogP contribution in [0.1, 0.15) is 10.4 Å². The highest BCUT2D eigenvalue weighted by molar-refractivity contribution is 7.17. The molecule has 1 N–H and O–H groups in total. The molecule has 0 saturated heterocycles. The molecule has 0 unspecified atom stereocenters. The summed E-state index contributed by atoms with van der Waals surface area (Å²) >= 11 is 7.65. The summed E-state index contributed by atoms with van der Waals surface area (Å²) in [5.41, 5.74) is 2.05. The monoisotopic (exact) mass is 288 g/mol. The number of carboxylic acid groups (broad SMARTS) is 1. The lowest BCUT2D eigenvalue weighted by molar-refractivity contribution is 0.0697. The van der Waals surface area contributed by atoms with Gasteiger partial charge in [0.15, 0.2) is 0 Å². The van der Waals surface area contributed by atoms with Crippen molar-refractivity contribution in [1.82, 2.24) is 0 Å². The Hall–Kier alpha value is -1.84. The molecule has 0 radical (unpaired) electrons. The molecule has 0 amide bonds. The van der Waals surface area contributed by atoms with E-state index in [-0.39, 0.29) is 5.56 Å². The van der Waals surface area contributed by atoms with Crippen LogP contribution in [0.25, 0.3) is 21.2 Å². The van der Waals surface area contributed by atoms with E-state index >= 15 is 0 Å². The zero-order valence-electron chi connectivity index (χ0n) is 9.76. The number of carbonyl (C=O) groups is 1.